The van der Waals surface area contributed by atoms with Crippen molar-refractivity contribution in [1.29, 1.82) is 0 Å². The predicted octanol–water partition coefficient (Wildman–Crippen LogP) is 1.76. The summed E-state index contributed by atoms with van der Waals surface area (Å²) in [6.07, 6.45) is -5.65. The third-order valence-corrected chi connectivity index (χ3v) is 0.546. The minimum absolute atomic E-state index is 0.550. The van der Waals surface area contributed by atoms with Crippen LogP contribution in [0.4, 0.5) is 13.2 Å². The van der Waals surface area contributed by atoms with E-state index in [1.807, 2.05) is 0 Å². The van der Waals surface area contributed by atoms with E-state index in [0.29, 0.717) is 0 Å². The highest BCUT2D eigenvalue weighted by molar-refractivity contribution is 6.17. The lowest BCUT2D eigenvalue weighted by Crippen LogP contribution is -2.14. The van der Waals surface area contributed by atoms with Crippen LogP contribution < -0.4 is 0 Å². The van der Waals surface area contributed by atoms with E-state index >= 15 is 0 Å². The van der Waals surface area contributed by atoms with Crippen molar-refractivity contribution in [3.8, 4) is 0 Å². The van der Waals surface area contributed by atoms with E-state index in [1.165, 1.54) is 0 Å². The van der Waals surface area contributed by atoms with Gasteiger partial charge in [0.05, 0.1) is 0 Å². The monoisotopic (exact) mass is 148 g/mol. The lowest BCUT2D eigenvalue weighted by Gasteiger charge is -2.03. The van der Waals surface area contributed by atoms with E-state index in [-0.39, 0.29) is 0 Å². The molecule has 0 fully saturated rings. The van der Waals surface area contributed by atoms with Crippen LogP contribution >= 0.6 is 11.6 Å². The van der Waals surface area contributed by atoms with Crippen LogP contribution in [0.15, 0.2) is 0 Å². The standard InChI is InChI=1S/C3H4ClF3O/c4-1-8-3(7)2(5)6/h2-3H,1H2. The largest absolute Gasteiger partial charge is 0.328 e. The number of rotatable bonds is 3. The zero-order valence-electron chi connectivity index (χ0n) is 3.78. The highest BCUT2D eigenvalue weighted by Crippen LogP contribution is 2.06. The maximum atomic E-state index is 11.5. The predicted molar refractivity (Wildman–Crippen MR) is 22.7 cm³/mol. The molecule has 8 heavy (non-hydrogen) atoms. The second-order valence-corrected chi connectivity index (χ2v) is 1.18. The molecule has 1 nitrogen and oxygen atoms in total. The molecule has 0 heterocycles. The van der Waals surface area contributed by atoms with Gasteiger partial charge in [0.25, 0.3) is 12.8 Å². The van der Waals surface area contributed by atoms with Crippen LogP contribution in [0.5, 0.6) is 0 Å². The molecule has 0 aromatic rings. The SMILES string of the molecule is FC(F)C(F)OCCl. The Hall–Kier alpha value is 0.0400. The highest BCUT2D eigenvalue weighted by atomic mass is 35.5. The van der Waals surface area contributed by atoms with E-state index in [0.717, 1.165) is 0 Å². The number of hydrogen-bond acceptors (Lipinski definition) is 1. The second kappa shape index (κ2) is 3.97. The van der Waals surface area contributed by atoms with Gasteiger partial charge in [-0.25, -0.2) is 13.2 Å². The van der Waals surface area contributed by atoms with Gasteiger partial charge in [-0.05, 0) is 0 Å². The summed E-state index contributed by atoms with van der Waals surface area (Å²) in [5.41, 5.74) is 0. The quantitative estimate of drug-likeness (QED) is 0.554. The Bertz CT molecular complexity index is 60.5. The van der Waals surface area contributed by atoms with Crippen LogP contribution in [0, 0.1) is 0 Å². The third-order valence-electron chi connectivity index (χ3n) is 0.420. The second-order valence-electron chi connectivity index (χ2n) is 0.961. The lowest BCUT2D eigenvalue weighted by molar-refractivity contribution is -0.115. The smallest absolute Gasteiger partial charge is 0.293 e. The normalized spacial score (nSPS) is 14.6. The summed E-state index contributed by atoms with van der Waals surface area (Å²) in [7, 11) is 0. The van der Waals surface area contributed by atoms with E-state index in [1.54, 1.807) is 0 Å². The van der Waals surface area contributed by atoms with Crippen molar-refractivity contribution in [2.24, 2.45) is 0 Å². The maximum Gasteiger partial charge on any atom is 0.293 e. The van der Waals surface area contributed by atoms with Crippen molar-refractivity contribution >= 4 is 11.6 Å². The van der Waals surface area contributed by atoms with E-state index in [9.17, 15) is 13.2 Å². The first kappa shape index (κ1) is 8.04. The van der Waals surface area contributed by atoms with Gasteiger partial charge in [0.1, 0.15) is 6.07 Å². The van der Waals surface area contributed by atoms with E-state index < -0.39 is 18.8 Å². The van der Waals surface area contributed by atoms with Gasteiger partial charge in [0.15, 0.2) is 0 Å². The highest BCUT2D eigenvalue weighted by Gasteiger charge is 2.18. The fourth-order valence-electron chi connectivity index (χ4n) is 0.133. The van der Waals surface area contributed by atoms with Crippen LogP contribution in [0.2, 0.25) is 0 Å². The molecule has 0 saturated heterocycles. The molecule has 0 aliphatic heterocycles. The Morgan fingerprint density at radius 2 is 1.88 bits per heavy atom. The van der Waals surface area contributed by atoms with Gasteiger partial charge in [-0.3, -0.25) is 0 Å². The van der Waals surface area contributed by atoms with Crippen LogP contribution in [-0.4, -0.2) is 18.8 Å². The molecular formula is C3H4ClF3O. The van der Waals surface area contributed by atoms with Crippen molar-refractivity contribution in [2.45, 2.75) is 12.8 Å². The van der Waals surface area contributed by atoms with Gasteiger partial charge >= 0.3 is 0 Å². The van der Waals surface area contributed by atoms with Crippen molar-refractivity contribution in [3.63, 3.8) is 0 Å². The first-order chi connectivity index (χ1) is 3.68. The van der Waals surface area contributed by atoms with Gasteiger partial charge < -0.3 is 4.74 Å². The first-order valence-electron chi connectivity index (χ1n) is 1.78. The average molecular weight is 149 g/mol. The molecule has 0 aromatic carbocycles. The third kappa shape index (κ3) is 3.10. The summed E-state index contributed by atoms with van der Waals surface area (Å²) in [6.45, 7) is 0. The molecule has 0 saturated carbocycles. The van der Waals surface area contributed by atoms with Gasteiger partial charge in [0, 0.05) is 0 Å². The Balaban J connectivity index is 3.17. The van der Waals surface area contributed by atoms with Crippen LogP contribution in [0.1, 0.15) is 0 Å². The number of ether oxygens (including phenoxy) is 1. The first-order valence-corrected chi connectivity index (χ1v) is 2.31. The molecule has 50 valence electrons. The average Bonchev–Trinajstić information content (AvgIpc) is 1.67. The van der Waals surface area contributed by atoms with Crippen LogP contribution in [0.25, 0.3) is 0 Å². The minimum Gasteiger partial charge on any atom is -0.328 e. The van der Waals surface area contributed by atoms with Gasteiger partial charge in [-0.15, -0.1) is 0 Å². The molecule has 0 amide bonds. The van der Waals surface area contributed by atoms with Gasteiger partial charge in [-0.2, -0.15) is 0 Å². The Kier molecular flexibility index (Phi) is 3.99. The van der Waals surface area contributed by atoms with Crippen molar-refractivity contribution < 1.29 is 17.9 Å². The molecule has 0 spiro atoms. The Morgan fingerprint density at radius 1 is 1.38 bits per heavy atom. The maximum absolute atomic E-state index is 11.5. The zero-order chi connectivity index (χ0) is 6.57. The van der Waals surface area contributed by atoms with E-state index in [2.05, 4.69) is 4.74 Å². The fourth-order valence-corrected chi connectivity index (χ4v) is 0.253. The Labute approximate surface area is 49.4 Å². The van der Waals surface area contributed by atoms with Crippen molar-refractivity contribution in [2.75, 3.05) is 6.07 Å². The van der Waals surface area contributed by atoms with Crippen molar-refractivity contribution in [3.05, 3.63) is 0 Å². The molecule has 0 aliphatic rings. The summed E-state index contributed by atoms with van der Waals surface area (Å²) in [5, 5.41) is 0. The lowest BCUT2D eigenvalue weighted by atomic mass is 10.7. The van der Waals surface area contributed by atoms with E-state index in [4.69, 9.17) is 11.6 Å². The van der Waals surface area contributed by atoms with Crippen LogP contribution in [0.3, 0.4) is 0 Å². The number of alkyl halides is 4. The molecule has 0 aliphatic carbocycles. The summed E-state index contributed by atoms with van der Waals surface area (Å²) in [4.78, 5) is 0. The number of halogens is 4. The molecule has 0 bridgehead atoms. The topological polar surface area (TPSA) is 9.23 Å². The summed E-state index contributed by atoms with van der Waals surface area (Å²) in [5.74, 6) is 0. The fraction of sp³-hybridized carbons (Fsp3) is 1.00. The molecule has 0 radical (unpaired) electrons. The van der Waals surface area contributed by atoms with Gasteiger partial charge in [-0.1, -0.05) is 11.6 Å². The summed E-state index contributed by atoms with van der Waals surface area (Å²) in [6, 6.07) is -0.550. The molecule has 1 atom stereocenters. The van der Waals surface area contributed by atoms with Crippen LogP contribution in [-0.2, 0) is 4.74 Å². The zero-order valence-corrected chi connectivity index (χ0v) is 4.54. The summed E-state index contributed by atoms with van der Waals surface area (Å²) < 4.78 is 37.2. The molecule has 5 heteroatoms. The molecule has 0 aromatic heterocycles. The summed E-state index contributed by atoms with van der Waals surface area (Å²) >= 11 is 4.74. The molecule has 0 N–H and O–H groups in total. The van der Waals surface area contributed by atoms with Crippen molar-refractivity contribution in [1.82, 2.24) is 0 Å². The van der Waals surface area contributed by atoms with Gasteiger partial charge in [0.2, 0.25) is 0 Å². The Morgan fingerprint density at radius 3 is 2.00 bits per heavy atom. The minimum atomic E-state index is -3.10. The molecule has 1 unspecified atom stereocenters. The molecule has 0 rings (SSSR count). The number of hydrogen-bond donors (Lipinski definition) is 0. The molecular weight excluding hydrogens is 144 g/mol.